The molecule has 0 atom stereocenters. The van der Waals surface area contributed by atoms with E-state index in [0.717, 1.165) is 22.1 Å². The Bertz CT molecular complexity index is 1090. The summed E-state index contributed by atoms with van der Waals surface area (Å²) < 4.78 is 11.3. The van der Waals surface area contributed by atoms with Crippen LogP contribution in [-0.2, 0) is 0 Å². The molecule has 0 unspecified atom stereocenters. The van der Waals surface area contributed by atoms with Gasteiger partial charge in [0.2, 0.25) is 5.43 Å². The standard InChI is InChI=1S/C19H14O3/c1-11-6-7-13-17(8-11)22-18-9-12-4-3-5-16(21-2)14(12)10-15(18)19(13)20/h3-10H,1-2H3. The van der Waals surface area contributed by atoms with Gasteiger partial charge in [-0.2, -0.15) is 0 Å². The third-order valence-corrected chi connectivity index (χ3v) is 4.01. The minimum absolute atomic E-state index is 0.0101. The Morgan fingerprint density at radius 2 is 1.73 bits per heavy atom. The molecule has 0 aliphatic heterocycles. The van der Waals surface area contributed by atoms with Gasteiger partial charge in [-0.1, -0.05) is 18.2 Å². The van der Waals surface area contributed by atoms with Crippen LogP contribution in [0.25, 0.3) is 32.7 Å². The molecule has 4 aromatic rings. The highest BCUT2D eigenvalue weighted by atomic mass is 16.5. The molecule has 0 saturated carbocycles. The van der Waals surface area contributed by atoms with Gasteiger partial charge in [0.25, 0.3) is 0 Å². The largest absolute Gasteiger partial charge is 0.496 e. The third-order valence-electron chi connectivity index (χ3n) is 4.01. The average molecular weight is 290 g/mol. The summed E-state index contributed by atoms with van der Waals surface area (Å²) in [7, 11) is 1.63. The second-order valence-corrected chi connectivity index (χ2v) is 5.46. The molecule has 0 fully saturated rings. The molecule has 3 heteroatoms. The van der Waals surface area contributed by atoms with E-state index >= 15 is 0 Å². The van der Waals surface area contributed by atoms with Crippen LogP contribution in [0.15, 0.2) is 57.7 Å². The first-order chi connectivity index (χ1) is 10.7. The fourth-order valence-corrected chi connectivity index (χ4v) is 2.88. The van der Waals surface area contributed by atoms with Crippen molar-refractivity contribution in [1.29, 1.82) is 0 Å². The van der Waals surface area contributed by atoms with Crippen molar-refractivity contribution in [2.75, 3.05) is 7.11 Å². The van der Waals surface area contributed by atoms with Crippen molar-refractivity contribution in [3.8, 4) is 5.75 Å². The maximum absolute atomic E-state index is 12.7. The quantitative estimate of drug-likeness (QED) is 0.487. The number of rotatable bonds is 1. The van der Waals surface area contributed by atoms with Gasteiger partial charge in [0.15, 0.2) is 0 Å². The van der Waals surface area contributed by atoms with E-state index in [-0.39, 0.29) is 5.43 Å². The van der Waals surface area contributed by atoms with E-state index in [1.54, 1.807) is 7.11 Å². The Hall–Kier alpha value is -2.81. The van der Waals surface area contributed by atoms with Crippen LogP contribution in [0.5, 0.6) is 5.75 Å². The summed E-state index contributed by atoms with van der Waals surface area (Å²) in [5.41, 5.74) is 2.28. The van der Waals surface area contributed by atoms with E-state index in [9.17, 15) is 4.79 Å². The van der Waals surface area contributed by atoms with Crippen LogP contribution in [0.3, 0.4) is 0 Å². The number of benzene rings is 3. The van der Waals surface area contributed by atoms with Crippen molar-refractivity contribution in [3.63, 3.8) is 0 Å². The minimum atomic E-state index is -0.0101. The van der Waals surface area contributed by atoms with E-state index < -0.39 is 0 Å². The molecule has 0 aliphatic rings. The fourth-order valence-electron chi connectivity index (χ4n) is 2.88. The van der Waals surface area contributed by atoms with Gasteiger partial charge in [-0.3, -0.25) is 4.79 Å². The van der Waals surface area contributed by atoms with E-state index in [4.69, 9.17) is 9.15 Å². The summed E-state index contributed by atoms with van der Waals surface area (Å²) in [6.45, 7) is 1.98. The van der Waals surface area contributed by atoms with Crippen LogP contribution < -0.4 is 10.2 Å². The molecular formula is C19H14O3. The Kier molecular flexibility index (Phi) is 2.70. The van der Waals surface area contributed by atoms with Crippen LogP contribution in [0, 0.1) is 6.92 Å². The first kappa shape index (κ1) is 12.9. The van der Waals surface area contributed by atoms with Gasteiger partial charge >= 0.3 is 0 Å². The van der Waals surface area contributed by atoms with Crippen LogP contribution in [-0.4, -0.2) is 7.11 Å². The van der Waals surface area contributed by atoms with E-state index in [0.29, 0.717) is 21.9 Å². The number of ether oxygens (including phenoxy) is 1. The van der Waals surface area contributed by atoms with E-state index in [1.807, 2.05) is 55.5 Å². The Balaban J connectivity index is 2.21. The number of methoxy groups -OCH3 is 1. The monoisotopic (exact) mass is 290 g/mol. The van der Waals surface area contributed by atoms with Gasteiger partial charge in [-0.05, 0) is 48.2 Å². The second-order valence-electron chi connectivity index (χ2n) is 5.46. The fraction of sp³-hybridized carbons (Fsp3) is 0.105. The van der Waals surface area contributed by atoms with Gasteiger partial charge in [0.1, 0.15) is 16.9 Å². The Labute approximate surface area is 126 Å². The van der Waals surface area contributed by atoms with Gasteiger partial charge < -0.3 is 9.15 Å². The summed E-state index contributed by atoms with van der Waals surface area (Å²) >= 11 is 0. The minimum Gasteiger partial charge on any atom is -0.496 e. The molecule has 0 spiro atoms. The molecule has 1 heterocycles. The normalized spacial score (nSPS) is 11.4. The lowest BCUT2D eigenvalue weighted by atomic mass is 10.0. The summed E-state index contributed by atoms with van der Waals surface area (Å²) in [6, 6.07) is 15.2. The topological polar surface area (TPSA) is 39.4 Å². The van der Waals surface area contributed by atoms with Crippen molar-refractivity contribution in [2.24, 2.45) is 0 Å². The maximum Gasteiger partial charge on any atom is 0.200 e. The zero-order valence-corrected chi connectivity index (χ0v) is 12.3. The van der Waals surface area contributed by atoms with Crippen molar-refractivity contribution in [2.45, 2.75) is 6.92 Å². The predicted molar refractivity (Wildman–Crippen MR) is 88.8 cm³/mol. The molecule has 0 N–H and O–H groups in total. The number of fused-ring (bicyclic) bond motifs is 3. The highest BCUT2D eigenvalue weighted by molar-refractivity contribution is 6.01. The van der Waals surface area contributed by atoms with Crippen LogP contribution >= 0.6 is 0 Å². The first-order valence-corrected chi connectivity index (χ1v) is 7.11. The van der Waals surface area contributed by atoms with Gasteiger partial charge in [-0.15, -0.1) is 0 Å². The summed E-state index contributed by atoms with van der Waals surface area (Å²) in [4.78, 5) is 12.7. The third kappa shape index (κ3) is 1.79. The zero-order valence-electron chi connectivity index (χ0n) is 12.3. The van der Waals surface area contributed by atoms with Crippen LogP contribution in [0.2, 0.25) is 0 Å². The summed E-state index contributed by atoms with van der Waals surface area (Å²) in [6.07, 6.45) is 0. The number of hydrogen-bond donors (Lipinski definition) is 0. The van der Waals surface area contributed by atoms with Crippen LogP contribution in [0.1, 0.15) is 5.56 Å². The molecular weight excluding hydrogens is 276 g/mol. The lowest BCUT2D eigenvalue weighted by molar-refractivity contribution is 0.420. The van der Waals surface area contributed by atoms with Crippen molar-refractivity contribution >= 4 is 32.7 Å². The molecule has 0 bridgehead atoms. The molecule has 3 nitrogen and oxygen atoms in total. The van der Waals surface area contributed by atoms with E-state index in [2.05, 4.69) is 0 Å². The number of hydrogen-bond acceptors (Lipinski definition) is 3. The summed E-state index contributed by atoms with van der Waals surface area (Å²) in [5.74, 6) is 0.753. The predicted octanol–water partition coefficient (Wildman–Crippen LogP) is 4.42. The van der Waals surface area contributed by atoms with Gasteiger partial charge in [0.05, 0.1) is 17.9 Å². The van der Waals surface area contributed by atoms with Crippen molar-refractivity contribution in [3.05, 3.63) is 64.3 Å². The molecule has 108 valence electrons. The lowest BCUT2D eigenvalue weighted by Crippen LogP contribution is -2.02. The Morgan fingerprint density at radius 3 is 2.55 bits per heavy atom. The lowest BCUT2D eigenvalue weighted by Gasteiger charge is -2.07. The Morgan fingerprint density at radius 1 is 0.909 bits per heavy atom. The molecule has 0 saturated heterocycles. The van der Waals surface area contributed by atoms with Crippen molar-refractivity contribution in [1.82, 2.24) is 0 Å². The second kappa shape index (κ2) is 4.60. The molecule has 4 rings (SSSR count). The molecule has 1 aromatic heterocycles. The molecule has 0 aliphatic carbocycles. The summed E-state index contributed by atoms with van der Waals surface area (Å²) in [5, 5.41) is 3.08. The number of aryl methyl sites for hydroxylation is 1. The highest BCUT2D eigenvalue weighted by Gasteiger charge is 2.11. The zero-order chi connectivity index (χ0) is 15.3. The van der Waals surface area contributed by atoms with E-state index in [1.165, 1.54) is 0 Å². The molecule has 22 heavy (non-hydrogen) atoms. The van der Waals surface area contributed by atoms with Crippen molar-refractivity contribution < 1.29 is 9.15 Å². The van der Waals surface area contributed by atoms with Crippen LogP contribution in [0.4, 0.5) is 0 Å². The smallest absolute Gasteiger partial charge is 0.200 e. The molecule has 0 radical (unpaired) electrons. The highest BCUT2D eigenvalue weighted by Crippen LogP contribution is 2.30. The maximum atomic E-state index is 12.7. The van der Waals surface area contributed by atoms with Gasteiger partial charge in [-0.25, -0.2) is 0 Å². The first-order valence-electron chi connectivity index (χ1n) is 7.11. The molecule has 0 amide bonds. The SMILES string of the molecule is COc1cccc2cc3oc4cc(C)ccc4c(=O)c3cc12. The average Bonchev–Trinajstić information content (AvgIpc) is 2.52. The van der Waals surface area contributed by atoms with Gasteiger partial charge in [0, 0.05) is 5.39 Å². The molecule has 3 aromatic carbocycles.